The normalized spacial score (nSPS) is 11.0. The lowest BCUT2D eigenvalue weighted by Gasteiger charge is -2.08. The summed E-state index contributed by atoms with van der Waals surface area (Å²) >= 11 is 0. The van der Waals surface area contributed by atoms with E-state index in [0.717, 1.165) is 11.2 Å². The zero-order chi connectivity index (χ0) is 18.1. The largest absolute Gasteiger partial charge is 0.387 e. The molecule has 4 heterocycles. The Morgan fingerprint density at radius 2 is 2.19 bits per heavy atom. The highest BCUT2D eigenvalue weighted by Gasteiger charge is 2.21. The topological polar surface area (TPSA) is 125 Å². The maximum absolute atomic E-state index is 12.6. The molecule has 0 amide bonds. The lowest BCUT2D eigenvalue weighted by atomic mass is 10.3. The van der Waals surface area contributed by atoms with Gasteiger partial charge >= 0.3 is 12.0 Å². The van der Waals surface area contributed by atoms with E-state index in [0.29, 0.717) is 17.8 Å². The molecule has 9 heteroatoms. The smallest absolute Gasteiger partial charge is 0.368 e. The molecule has 0 atom stereocenters. The summed E-state index contributed by atoms with van der Waals surface area (Å²) in [6.45, 7) is 2.51. The fourth-order valence-corrected chi connectivity index (χ4v) is 2.64. The number of nitrogens with one attached hydrogen (secondary N) is 1. The number of anilines is 1. The number of hydrogen-bond donors (Lipinski definition) is 2. The monoisotopic (exact) mass is 349 g/mol. The zero-order valence-corrected chi connectivity index (χ0v) is 13.9. The van der Waals surface area contributed by atoms with E-state index in [1.807, 2.05) is 25.1 Å². The highest BCUT2D eigenvalue weighted by molar-refractivity contribution is 5.94. The number of fused-ring (bicyclic) bond motifs is 1. The summed E-state index contributed by atoms with van der Waals surface area (Å²) < 4.78 is 7.22. The molecule has 0 fully saturated rings. The third kappa shape index (κ3) is 2.65. The Bertz CT molecular complexity index is 1090. The van der Waals surface area contributed by atoms with E-state index >= 15 is 0 Å². The number of nitrogens with zero attached hydrogens (tertiary/aromatic N) is 5. The van der Waals surface area contributed by atoms with Gasteiger partial charge in [-0.1, -0.05) is 0 Å². The Balaban J connectivity index is 1.70. The SMILES string of the molecule is CCn1c(OC(=O)c2nc(-c3ccc[nH]3)cnc2N)nc2cnccc21. The van der Waals surface area contributed by atoms with Crippen LogP contribution in [0.5, 0.6) is 6.01 Å². The summed E-state index contributed by atoms with van der Waals surface area (Å²) in [6.07, 6.45) is 6.51. The molecular weight excluding hydrogens is 334 g/mol. The maximum Gasteiger partial charge on any atom is 0.368 e. The Morgan fingerprint density at radius 1 is 1.31 bits per heavy atom. The van der Waals surface area contributed by atoms with Gasteiger partial charge in [0.05, 0.1) is 23.6 Å². The Hall–Kier alpha value is -3.75. The average Bonchev–Trinajstić information content (AvgIpc) is 3.29. The van der Waals surface area contributed by atoms with E-state index in [1.54, 1.807) is 23.2 Å². The molecule has 3 N–H and O–H groups in total. The predicted octanol–water partition coefficient (Wildman–Crippen LogP) is 2.04. The third-order valence-electron chi connectivity index (χ3n) is 3.88. The molecule has 0 aromatic carbocycles. The van der Waals surface area contributed by atoms with Crippen molar-refractivity contribution >= 4 is 22.8 Å². The average molecular weight is 349 g/mol. The lowest BCUT2D eigenvalue weighted by Crippen LogP contribution is -2.17. The zero-order valence-electron chi connectivity index (χ0n) is 13.9. The number of nitrogen functional groups attached to an aromatic ring is 1. The molecule has 4 aromatic heterocycles. The molecule has 4 aromatic rings. The van der Waals surface area contributed by atoms with Crippen molar-refractivity contribution in [2.75, 3.05) is 5.73 Å². The molecule has 0 aliphatic carbocycles. The number of pyridine rings is 1. The van der Waals surface area contributed by atoms with Crippen LogP contribution in [0.2, 0.25) is 0 Å². The van der Waals surface area contributed by atoms with E-state index in [1.165, 1.54) is 6.20 Å². The number of aromatic nitrogens is 6. The number of carbonyl (C=O) groups excluding carboxylic acids is 1. The molecule has 130 valence electrons. The quantitative estimate of drug-likeness (QED) is 0.540. The molecular formula is C17H15N7O2. The summed E-state index contributed by atoms with van der Waals surface area (Å²) in [5.74, 6) is -0.729. The lowest BCUT2D eigenvalue weighted by molar-refractivity contribution is 0.0708. The van der Waals surface area contributed by atoms with Crippen molar-refractivity contribution in [2.24, 2.45) is 0 Å². The van der Waals surface area contributed by atoms with Crippen LogP contribution in [0.25, 0.3) is 22.4 Å². The first-order valence-electron chi connectivity index (χ1n) is 7.96. The predicted molar refractivity (Wildman–Crippen MR) is 94.4 cm³/mol. The fraction of sp³-hybridized carbons (Fsp3) is 0.118. The van der Waals surface area contributed by atoms with E-state index in [9.17, 15) is 4.79 Å². The van der Waals surface area contributed by atoms with Gasteiger partial charge in [-0.05, 0) is 25.1 Å². The van der Waals surface area contributed by atoms with Crippen molar-refractivity contribution in [1.29, 1.82) is 0 Å². The minimum absolute atomic E-state index is 0.00821. The van der Waals surface area contributed by atoms with Crippen LogP contribution >= 0.6 is 0 Å². The molecule has 9 nitrogen and oxygen atoms in total. The van der Waals surface area contributed by atoms with Crippen LogP contribution in [0.4, 0.5) is 5.82 Å². The molecule has 4 rings (SSSR count). The van der Waals surface area contributed by atoms with Crippen LogP contribution in [-0.4, -0.2) is 35.5 Å². The van der Waals surface area contributed by atoms with E-state index < -0.39 is 5.97 Å². The number of nitrogens with two attached hydrogens (primary N) is 1. The number of rotatable bonds is 4. The van der Waals surface area contributed by atoms with Gasteiger partial charge < -0.3 is 15.5 Å². The molecule has 0 aliphatic rings. The molecule has 0 saturated carbocycles. The highest BCUT2D eigenvalue weighted by Crippen LogP contribution is 2.22. The second kappa shape index (κ2) is 6.28. The van der Waals surface area contributed by atoms with Gasteiger partial charge in [0.1, 0.15) is 11.2 Å². The van der Waals surface area contributed by atoms with Crippen LogP contribution < -0.4 is 10.5 Å². The van der Waals surface area contributed by atoms with Gasteiger partial charge in [0.2, 0.25) is 0 Å². The van der Waals surface area contributed by atoms with E-state index in [-0.39, 0.29) is 17.5 Å². The van der Waals surface area contributed by atoms with Crippen molar-refractivity contribution in [1.82, 2.24) is 29.5 Å². The number of hydrogen-bond acceptors (Lipinski definition) is 7. The van der Waals surface area contributed by atoms with Gasteiger partial charge in [0.25, 0.3) is 0 Å². The molecule has 0 aliphatic heterocycles. The van der Waals surface area contributed by atoms with Crippen molar-refractivity contribution in [3.8, 4) is 17.4 Å². The molecule has 0 spiro atoms. The minimum atomic E-state index is -0.721. The summed E-state index contributed by atoms with van der Waals surface area (Å²) in [6, 6.07) is 5.61. The summed E-state index contributed by atoms with van der Waals surface area (Å²) in [7, 11) is 0. The van der Waals surface area contributed by atoms with Gasteiger partial charge in [0, 0.05) is 18.9 Å². The van der Waals surface area contributed by atoms with Gasteiger partial charge in [-0.15, -0.1) is 0 Å². The molecule has 0 radical (unpaired) electrons. The number of esters is 1. The second-order valence-corrected chi connectivity index (χ2v) is 5.47. The van der Waals surface area contributed by atoms with Crippen LogP contribution in [0.1, 0.15) is 17.4 Å². The van der Waals surface area contributed by atoms with Crippen molar-refractivity contribution < 1.29 is 9.53 Å². The first-order valence-corrected chi connectivity index (χ1v) is 7.96. The number of H-pyrrole nitrogens is 1. The Kier molecular flexibility index (Phi) is 3.81. The van der Waals surface area contributed by atoms with Crippen LogP contribution in [0.15, 0.2) is 43.0 Å². The second-order valence-electron chi connectivity index (χ2n) is 5.47. The molecule has 0 unspecified atom stereocenters. The summed E-state index contributed by atoms with van der Waals surface area (Å²) in [4.78, 5) is 32.3. The van der Waals surface area contributed by atoms with Gasteiger partial charge in [-0.3, -0.25) is 9.55 Å². The van der Waals surface area contributed by atoms with Gasteiger partial charge in [-0.2, -0.15) is 4.98 Å². The first kappa shape index (κ1) is 15.8. The number of ether oxygens (including phenoxy) is 1. The van der Waals surface area contributed by atoms with E-state index in [4.69, 9.17) is 10.5 Å². The van der Waals surface area contributed by atoms with Gasteiger partial charge in [-0.25, -0.2) is 14.8 Å². The van der Waals surface area contributed by atoms with Crippen molar-refractivity contribution in [3.63, 3.8) is 0 Å². The maximum atomic E-state index is 12.6. The molecule has 0 saturated heterocycles. The van der Waals surface area contributed by atoms with E-state index in [2.05, 4.69) is 24.9 Å². The fourth-order valence-electron chi connectivity index (χ4n) is 2.64. The number of aromatic amines is 1. The van der Waals surface area contributed by atoms with Crippen LogP contribution in [0, 0.1) is 0 Å². The number of imidazole rings is 1. The van der Waals surface area contributed by atoms with Gasteiger partial charge in [0.15, 0.2) is 11.5 Å². The Morgan fingerprint density at radius 3 is 2.96 bits per heavy atom. The van der Waals surface area contributed by atoms with Crippen molar-refractivity contribution in [2.45, 2.75) is 13.5 Å². The molecule has 26 heavy (non-hydrogen) atoms. The van der Waals surface area contributed by atoms with Crippen LogP contribution in [-0.2, 0) is 6.54 Å². The summed E-state index contributed by atoms with van der Waals surface area (Å²) in [5.41, 5.74) is 8.43. The Labute approximate surface area is 147 Å². The first-order chi connectivity index (χ1) is 12.7. The standard InChI is InChI=1S/C17H15N7O2/c1-2-24-13-5-7-19-8-12(13)23-17(24)26-16(25)14-15(18)21-9-11(22-14)10-4-3-6-20-10/h3-9,20H,2H2,1H3,(H2,18,21). The summed E-state index contributed by atoms with van der Waals surface area (Å²) in [5, 5.41) is 0. The number of carbonyl (C=O) groups is 1. The third-order valence-corrected chi connectivity index (χ3v) is 3.88. The molecule has 0 bridgehead atoms. The van der Waals surface area contributed by atoms with Crippen molar-refractivity contribution in [3.05, 3.63) is 48.7 Å². The van der Waals surface area contributed by atoms with Crippen LogP contribution in [0.3, 0.4) is 0 Å². The minimum Gasteiger partial charge on any atom is -0.387 e. The number of aryl methyl sites for hydroxylation is 1. The highest BCUT2D eigenvalue weighted by atomic mass is 16.6.